The topological polar surface area (TPSA) is 42.0 Å². The zero-order valence-corrected chi connectivity index (χ0v) is 13.6. The van der Waals surface area contributed by atoms with Crippen LogP contribution in [0.4, 0.5) is 0 Å². The standard InChI is InChI=1S/C16H18N2OS2/c1-17-15(20)16(8-4-5-9-21(16)19)13-10-12-6-2-3-7-14(12)18-11-13/h2-3,6-7,10-11H,4-5,8-9H2,1H3,(H,17,20)/t16-,21?/m1/s1. The molecule has 2 aromatic rings. The third kappa shape index (κ3) is 2.38. The molecule has 1 N–H and O–H groups in total. The van der Waals surface area contributed by atoms with Crippen molar-refractivity contribution in [2.75, 3.05) is 12.8 Å². The smallest absolute Gasteiger partial charge is 0.122 e. The average molecular weight is 318 g/mol. The van der Waals surface area contributed by atoms with Crippen LogP contribution in [0.5, 0.6) is 0 Å². The first-order valence-electron chi connectivity index (χ1n) is 7.14. The Morgan fingerprint density at radius 3 is 2.95 bits per heavy atom. The van der Waals surface area contributed by atoms with Gasteiger partial charge in [-0.3, -0.25) is 9.19 Å². The van der Waals surface area contributed by atoms with Gasteiger partial charge in [-0.25, -0.2) is 0 Å². The van der Waals surface area contributed by atoms with E-state index in [1.807, 2.05) is 37.5 Å². The van der Waals surface area contributed by atoms with Crippen molar-refractivity contribution in [2.45, 2.75) is 24.0 Å². The van der Waals surface area contributed by atoms with Crippen LogP contribution < -0.4 is 5.32 Å². The summed E-state index contributed by atoms with van der Waals surface area (Å²) in [5.41, 5.74) is 1.92. The van der Waals surface area contributed by atoms with Crippen LogP contribution in [-0.4, -0.2) is 27.0 Å². The van der Waals surface area contributed by atoms with Gasteiger partial charge in [0.1, 0.15) is 4.75 Å². The van der Waals surface area contributed by atoms with Gasteiger partial charge < -0.3 is 5.32 Å². The summed E-state index contributed by atoms with van der Waals surface area (Å²) in [4.78, 5) is 5.20. The molecule has 0 radical (unpaired) electrons. The van der Waals surface area contributed by atoms with E-state index in [9.17, 15) is 4.21 Å². The fourth-order valence-electron chi connectivity index (χ4n) is 3.01. The fourth-order valence-corrected chi connectivity index (χ4v) is 5.38. The Kier molecular flexibility index (Phi) is 4.04. The van der Waals surface area contributed by atoms with Crippen LogP contribution in [0.3, 0.4) is 0 Å². The molecule has 3 rings (SSSR count). The molecule has 2 heterocycles. The van der Waals surface area contributed by atoms with Gasteiger partial charge in [0.25, 0.3) is 0 Å². The highest BCUT2D eigenvalue weighted by Crippen LogP contribution is 2.39. The van der Waals surface area contributed by atoms with E-state index in [4.69, 9.17) is 12.2 Å². The molecule has 1 unspecified atom stereocenters. The Labute approximate surface area is 132 Å². The molecule has 3 nitrogen and oxygen atoms in total. The molecule has 1 saturated heterocycles. The molecule has 0 amide bonds. The highest BCUT2D eigenvalue weighted by molar-refractivity contribution is 7.90. The Morgan fingerprint density at radius 2 is 2.19 bits per heavy atom. The van der Waals surface area contributed by atoms with E-state index in [0.29, 0.717) is 10.7 Å². The van der Waals surface area contributed by atoms with Crippen LogP contribution in [0.2, 0.25) is 0 Å². The van der Waals surface area contributed by atoms with E-state index >= 15 is 0 Å². The summed E-state index contributed by atoms with van der Waals surface area (Å²) in [6.45, 7) is 0. The number of pyridine rings is 1. The quantitative estimate of drug-likeness (QED) is 0.865. The lowest BCUT2D eigenvalue weighted by molar-refractivity contribution is 0.574. The van der Waals surface area contributed by atoms with Crippen molar-refractivity contribution in [3.63, 3.8) is 0 Å². The second-order valence-corrected chi connectivity index (χ2v) is 7.53. The van der Waals surface area contributed by atoms with E-state index in [-0.39, 0.29) is 0 Å². The number of aromatic nitrogens is 1. The van der Waals surface area contributed by atoms with Crippen LogP contribution in [0.1, 0.15) is 24.8 Å². The maximum Gasteiger partial charge on any atom is 0.122 e. The van der Waals surface area contributed by atoms with Gasteiger partial charge in [0.05, 0.1) is 10.5 Å². The van der Waals surface area contributed by atoms with Crippen LogP contribution in [-0.2, 0) is 15.5 Å². The number of thiocarbonyl (C=S) groups is 1. The fraction of sp³-hybridized carbons (Fsp3) is 0.375. The third-order valence-electron chi connectivity index (χ3n) is 4.15. The molecule has 0 spiro atoms. The minimum atomic E-state index is -1.00. The Bertz CT molecular complexity index is 706. The summed E-state index contributed by atoms with van der Waals surface area (Å²) >= 11 is 5.54. The minimum absolute atomic E-state index is 0.584. The van der Waals surface area contributed by atoms with Gasteiger partial charge in [-0.2, -0.15) is 0 Å². The van der Waals surface area contributed by atoms with Crippen LogP contribution in [0.15, 0.2) is 36.5 Å². The number of hydrogen-bond acceptors (Lipinski definition) is 3. The molecule has 0 bridgehead atoms. The third-order valence-corrected chi connectivity index (χ3v) is 6.91. The van der Waals surface area contributed by atoms with Crippen molar-refractivity contribution in [1.82, 2.24) is 10.3 Å². The summed E-state index contributed by atoms with van der Waals surface area (Å²) in [6.07, 6.45) is 4.70. The van der Waals surface area contributed by atoms with E-state index in [1.165, 1.54) is 0 Å². The molecule has 5 heteroatoms. The van der Waals surface area contributed by atoms with Gasteiger partial charge in [-0.15, -0.1) is 0 Å². The largest absolute Gasteiger partial charge is 0.381 e. The van der Waals surface area contributed by atoms with Crippen molar-refractivity contribution in [1.29, 1.82) is 0 Å². The second kappa shape index (κ2) is 5.81. The first kappa shape index (κ1) is 14.6. The van der Waals surface area contributed by atoms with Gasteiger partial charge in [0.15, 0.2) is 0 Å². The Balaban J connectivity index is 2.18. The first-order chi connectivity index (χ1) is 10.2. The van der Waals surface area contributed by atoms with Crippen molar-refractivity contribution in [3.8, 4) is 0 Å². The van der Waals surface area contributed by atoms with Gasteiger partial charge >= 0.3 is 0 Å². The zero-order chi connectivity index (χ0) is 14.9. The highest BCUT2D eigenvalue weighted by atomic mass is 32.2. The number of hydrogen-bond donors (Lipinski definition) is 1. The van der Waals surface area contributed by atoms with Gasteiger partial charge in [0, 0.05) is 35.2 Å². The van der Waals surface area contributed by atoms with E-state index in [0.717, 1.165) is 35.7 Å². The number of rotatable bonds is 2. The first-order valence-corrected chi connectivity index (χ1v) is 8.87. The molecular formula is C16H18N2OS2. The van der Waals surface area contributed by atoms with Gasteiger partial charge in [0.2, 0.25) is 0 Å². The number of nitrogens with one attached hydrogen (secondary N) is 1. The SMILES string of the molecule is CNC(=S)[C@]1(c2cnc3ccccc3c2)CCCCS1=O. The molecule has 0 aliphatic carbocycles. The van der Waals surface area contributed by atoms with Gasteiger partial charge in [-0.1, -0.05) is 36.8 Å². The number of para-hydroxylation sites is 1. The lowest BCUT2D eigenvalue weighted by atomic mass is 9.92. The van der Waals surface area contributed by atoms with Crippen LogP contribution in [0, 0.1) is 0 Å². The monoisotopic (exact) mass is 318 g/mol. The lowest BCUT2D eigenvalue weighted by Crippen LogP contribution is -2.48. The van der Waals surface area contributed by atoms with Crippen molar-refractivity contribution in [3.05, 3.63) is 42.1 Å². The average Bonchev–Trinajstić information content (AvgIpc) is 2.54. The van der Waals surface area contributed by atoms with Gasteiger partial charge in [-0.05, 0) is 30.5 Å². The van der Waals surface area contributed by atoms with E-state index in [1.54, 1.807) is 0 Å². The summed E-state index contributed by atoms with van der Waals surface area (Å²) in [5.74, 6) is 0.703. The molecule has 110 valence electrons. The highest BCUT2D eigenvalue weighted by Gasteiger charge is 2.44. The summed E-state index contributed by atoms with van der Waals surface area (Å²) in [7, 11) is 0.806. The molecular weight excluding hydrogens is 300 g/mol. The number of likely N-dealkylation sites (N-methyl/N-ethyl adjacent to an activating group) is 1. The molecule has 1 fully saturated rings. The van der Waals surface area contributed by atoms with E-state index in [2.05, 4.69) is 16.4 Å². The molecule has 1 aliphatic rings. The maximum atomic E-state index is 12.8. The normalized spacial score (nSPS) is 25.7. The van der Waals surface area contributed by atoms with Crippen molar-refractivity contribution < 1.29 is 4.21 Å². The number of fused-ring (bicyclic) bond motifs is 1. The molecule has 1 aromatic carbocycles. The van der Waals surface area contributed by atoms with Crippen LogP contribution >= 0.6 is 12.2 Å². The molecule has 1 aromatic heterocycles. The summed E-state index contributed by atoms with van der Waals surface area (Å²) < 4.78 is 12.2. The maximum absolute atomic E-state index is 12.8. The van der Waals surface area contributed by atoms with E-state index < -0.39 is 15.5 Å². The summed E-state index contributed by atoms with van der Waals surface area (Å²) in [6, 6.07) is 10.1. The van der Waals surface area contributed by atoms with Crippen molar-refractivity contribution >= 4 is 38.9 Å². The predicted molar refractivity (Wildman–Crippen MR) is 91.9 cm³/mol. The lowest BCUT2D eigenvalue weighted by Gasteiger charge is -2.37. The molecule has 21 heavy (non-hydrogen) atoms. The Hall–Kier alpha value is -1.33. The zero-order valence-electron chi connectivity index (χ0n) is 12.0. The van der Waals surface area contributed by atoms with Crippen LogP contribution in [0.25, 0.3) is 10.9 Å². The number of nitrogens with zero attached hydrogens (tertiary/aromatic N) is 1. The summed E-state index contributed by atoms with van der Waals surface area (Å²) in [5, 5.41) is 4.13. The van der Waals surface area contributed by atoms with Crippen molar-refractivity contribution in [2.24, 2.45) is 0 Å². The predicted octanol–water partition coefficient (Wildman–Crippen LogP) is 2.91. The number of benzene rings is 1. The second-order valence-electron chi connectivity index (χ2n) is 5.33. The molecule has 0 saturated carbocycles. The molecule has 2 atom stereocenters. The minimum Gasteiger partial charge on any atom is -0.381 e. The Morgan fingerprint density at radius 1 is 1.38 bits per heavy atom. The molecule has 1 aliphatic heterocycles.